The van der Waals surface area contributed by atoms with E-state index < -0.39 is 0 Å². The standard InChI is InChI=1S/C23H25N3O4/c1-14(2)22(15-8-9-19-20(12-15)30-11-5-10-29-19)24-21(27)13-18-16-6-3-4-7-17(16)23(28)26-25-18/h3-4,6-9,12,14,22H,5,10-11,13H2,1-2H3,(H,24,27)(H,26,28). The number of aromatic nitrogens is 2. The second kappa shape index (κ2) is 8.57. The zero-order valence-corrected chi connectivity index (χ0v) is 17.1. The molecular formula is C23H25N3O4. The number of H-pyrrole nitrogens is 1. The van der Waals surface area contributed by atoms with Crippen molar-refractivity contribution in [1.29, 1.82) is 0 Å². The van der Waals surface area contributed by atoms with Crippen LogP contribution in [0.3, 0.4) is 0 Å². The van der Waals surface area contributed by atoms with Gasteiger partial charge in [-0.1, -0.05) is 38.1 Å². The molecule has 2 N–H and O–H groups in total. The highest BCUT2D eigenvalue weighted by atomic mass is 16.5. The fourth-order valence-corrected chi connectivity index (χ4v) is 3.69. The first-order valence-corrected chi connectivity index (χ1v) is 10.2. The molecule has 0 saturated carbocycles. The van der Waals surface area contributed by atoms with E-state index in [-0.39, 0.29) is 29.8 Å². The summed E-state index contributed by atoms with van der Waals surface area (Å²) in [5.41, 5.74) is 1.24. The molecule has 1 aliphatic rings. The van der Waals surface area contributed by atoms with Gasteiger partial charge in [-0.05, 0) is 29.7 Å². The van der Waals surface area contributed by atoms with Gasteiger partial charge in [0.25, 0.3) is 5.56 Å². The summed E-state index contributed by atoms with van der Waals surface area (Å²) >= 11 is 0. The van der Waals surface area contributed by atoms with Gasteiger partial charge in [-0.3, -0.25) is 9.59 Å². The van der Waals surface area contributed by atoms with Crippen molar-refractivity contribution >= 4 is 16.7 Å². The van der Waals surface area contributed by atoms with Crippen molar-refractivity contribution < 1.29 is 14.3 Å². The Hall–Kier alpha value is -3.35. The Labute approximate surface area is 174 Å². The molecule has 0 fully saturated rings. The van der Waals surface area contributed by atoms with Gasteiger partial charge in [0.2, 0.25) is 5.91 Å². The van der Waals surface area contributed by atoms with Gasteiger partial charge >= 0.3 is 0 Å². The van der Waals surface area contributed by atoms with Crippen LogP contribution in [0.5, 0.6) is 11.5 Å². The van der Waals surface area contributed by atoms with Crippen molar-refractivity contribution in [2.75, 3.05) is 13.2 Å². The SMILES string of the molecule is CC(C)C(NC(=O)Cc1n[nH]c(=O)c2ccccc12)c1ccc2c(c1)OCCCO2. The highest BCUT2D eigenvalue weighted by molar-refractivity contribution is 5.88. The maximum Gasteiger partial charge on any atom is 0.272 e. The molecule has 156 valence electrons. The summed E-state index contributed by atoms with van der Waals surface area (Å²) in [5, 5.41) is 10.9. The van der Waals surface area contributed by atoms with Crippen LogP contribution in [-0.2, 0) is 11.2 Å². The molecule has 1 atom stereocenters. The molecular weight excluding hydrogens is 382 g/mol. The number of nitrogens with zero attached hydrogens (tertiary/aromatic N) is 1. The van der Waals surface area contributed by atoms with E-state index in [1.54, 1.807) is 12.1 Å². The Morgan fingerprint density at radius 1 is 1.10 bits per heavy atom. The molecule has 0 bridgehead atoms. The van der Waals surface area contributed by atoms with Gasteiger partial charge in [-0.25, -0.2) is 5.10 Å². The predicted octanol–water partition coefficient (Wildman–Crippen LogP) is 3.14. The summed E-state index contributed by atoms with van der Waals surface area (Å²) in [7, 11) is 0. The maximum atomic E-state index is 12.9. The molecule has 1 unspecified atom stereocenters. The summed E-state index contributed by atoms with van der Waals surface area (Å²) in [4.78, 5) is 24.8. The number of aromatic amines is 1. The maximum absolute atomic E-state index is 12.9. The fourth-order valence-electron chi connectivity index (χ4n) is 3.69. The second-order valence-corrected chi connectivity index (χ2v) is 7.77. The molecule has 7 nitrogen and oxygen atoms in total. The van der Waals surface area contributed by atoms with Crippen LogP contribution in [-0.4, -0.2) is 29.3 Å². The molecule has 0 spiro atoms. The third kappa shape index (κ3) is 4.15. The van der Waals surface area contributed by atoms with Crippen LogP contribution in [0.2, 0.25) is 0 Å². The van der Waals surface area contributed by atoms with Crippen LogP contribution in [0.25, 0.3) is 10.8 Å². The summed E-state index contributed by atoms with van der Waals surface area (Å²) in [6.45, 7) is 5.36. The second-order valence-electron chi connectivity index (χ2n) is 7.77. The smallest absolute Gasteiger partial charge is 0.272 e. The van der Waals surface area contributed by atoms with Gasteiger partial charge in [0.1, 0.15) is 0 Å². The predicted molar refractivity (Wildman–Crippen MR) is 114 cm³/mol. The molecule has 0 saturated heterocycles. The average Bonchev–Trinajstić information content (AvgIpc) is 2.99. The van der Waals surface area contributed by atoms with E-state index in [0.717, 1.165) is 17.7 Å². The average molecular weight is 407 g/mol. The molecule has 30 heavy (non-hydrogen) atoms. The van der Waals surface area contributed by atoms with Crippen molar-refractivity contribution in [1.82, 2.24) is 15.5 Å². The van der Waals surface area contributed by atoms with Crippen molar-refractivity contribution in [3.8, 4) is 11.5 Å². The molecule has 1 amide bonds. The highest BCUT2D eigenvalue weighted by Gasteiger charge is 2.22. The lowest BCUT2D eigenvalue weighted by Gasteiger charge is -2.24. The van der Waals surface area contributed by atoms with Crippen LogP contribution in [0, 0.1) is 5.92 Å². The van der Waals surface area contributed by atoms with Crippen molar-refractivity contribution in [3.05, 3.63) is 64.1 Å². The lowest BCUT2D eigenvalue weighted by atomic mass is 9.95. The molecule has 7 heteroatoms. The highest BCUT2D eigenvalue weighted by Crippen LogP contribution is 2.34. The van der Waals surface area contributed by atoms with E-state index in [9.17, 15) is 9.59 Å². The van der Waals surface area contributed by atoms with Crippen LogP contribution in [0.15, 0.2) is 47.3 Å². The van der Waals surface area contributed by atoms with Gasteiger partial charge < -0.3 is 14.8 Å². The molecule has 3 aromatic rings. The molecule has 2 aromatic carbocycles. The topological polar surface area (TPSA) is 93.3 Å². The molecule has 1 aliphatic heterocycles. The monoisotopic (exact) mass is 407 g/mol. The van der Waals surface area contributed by atoms with E-state index in [2.05, 4.69) is 29.4 Å². The number of rotatable bonds is 5. The minimum Gasteiger partial charge on any atom is -0.490 e. The Morgan fingerprint density at radius 3 is 2.60 bits per heavy atom. The van der Waals surface area contributed by atoms with E-state index >= 15 is 0 Å². The molecule has 2 heterocycles. The van der Waals surface area contributed by atoms with Crippen molar-refractivity contribution in [2.45, 2.75) is 32.7 Å². The number of benzene rings is 2. The molecule has 0 aliphatic carbocycles. The summed E-state index contributed by atoms with van der Waals surface area (Å²) < 4.78 is 11.5. The number of hydrogen-bond donors (Lipinski definition) is 2. The van der Waals surface area contributed by atoms with Gasteiger partial charge in [-0.15, -0.1) is 0 Å². The fraction of sp³-hybridized carbons (Fsp3) is 0.348. The van der Waals surface area contributed by atoms with Crippen LogP contribution in [0.1, 0.15) is 37.6 Å². The summed E-state index contributed by atoms with van der Waals surface area (Å²) in [5.74, 6) is 1.44. The van der Waals surface area contributed by atoms with E-state index in [4.69, 9.17) is 9.47 Å². The Bertz CT molecular complexity index is 1120. The Balaban J connectivity index is 1.56. The normalized spacial score (nSPS) is 14.4. The molecule has 0 radical (unpaired) electrons. The van der Waals surface area contributed by atoms with Gasteiger partial charge in [-0.2, -0.15) is 5.10 Å². The molecule has 1 aromatic heterocycles. The van der Waals surface area contributed by atoms with E-state index in [0.29, 0.717) is 35.4 Å². The number of carbonyl (C=O) groups is 1. The first-order valence-electron chi connectivity index (χ1n) is 10.2. The quantitative estimate of drug-likeness (QED) is 0.678. The number of hydrogen-bond acceptors (Lipinski definition) is 5. The largest absolute Gasteiger partial charge is 0.490 e. The van der Waals surface area contributed by atoms with E-state index in [1.807, 2.05) is 30.3 Å². The third-order valence-electron chi connectivity index (χ3n) is 5.22. The third-order valence-corrected chi connectivity index (χ3v) is 5.22. The van der Waals surface area contributed by atoms with Gasteiger partial charge in [0.15, 0.2) is 11.5 Å². The van der Waals surface area contributed by atoms with Crippen LogP contribution < -0.4 is 20.3 Å². The van der Waals surface area contributed by atoms with Gasteiger partial charge in [0, 0.05) is 11.8 Å². The molecule has 4 rings (SSSR count). The number of carbonyl (C=O) groups excluding carboxylic acids is 1. The van der Waals surface area contributed by atoms with E-state index in [1.165, 1.54) is 0 Å². The number of amides is 1. The van der Waals surface area contributed by atoms with Gasteiger partial charge in [0.05, 0.1) is 36.8 Å². The summed E-state index contributed by atoms with van der Waals surface area (Å²) in [6, 6.07) is 12.8. The Kier molecular flexibility index (Phi) is 5.70. The first kappa shape index (κ1) is 19.9. The zero-order chi connectivity index (χ0) is 21.1. The summed E-state index contributed by atoms with van der Waals surface area (Å²) in [6.07, 6.45) is 0.916. The number of nitrogens with one attached hydrogen (secondary N) is 2. The lowest BCUT2D eigenvalue weighted by molar-refractivity contribution is -0.121. The zero-order valence-electron chi connectivity index (χ0n) is 17.1. The van der Waals surface area contributed by atoms with Crippen LogP contribution in [0.4, 0.5) is 0 Å². The minimum absolute atomic E-state index is 0.0745. The van der Waals surface area contributed by atoms with Crippen molar-refractivity contribution in [2.24, 2.45) is 5.92 Å². The minimum atomic E-state index is -0.262. The first-order chi connectivity index (χ1) is 14.5. The Morgan fingerprint density at radius 2 is 1.83 bits per heavy atom. The lowest BCUT2D eigenvalue weighted by Crippen LogP contribution is -2.33. The van der Waals surface area contributed by atoms with Crippen molar-refractivity contribution in [3.63, 3.8) is 0 Å². The number of fused-ring (bicyclic) bond motifs is 2. The van der Waals surface area contributed by atoms with Crippen LogP contribution >= 0.6 is 0 Å². The number of ether oxygens (including phenoxy) is 2.